The maximum Gasteiger partial charge on any atom is 0.191 e. The van der Waals surface area contributed by atoms with Gasteiger partial charge in [-0.25, -0.2) is 4.39 Å². The summed E-state index contributed by atoms with van der Waals surface area (Å²) in [6, 6.07) is 5.29. The van der Waals surface area contributed by atoms with Crippen LogP contribution in [0.25, 0.3) is 0 Å². The number of aryl methyl sites for hydroxylation is 1. The molecule has 118 valence electrons. The maximum atomic E-state index is 13.6. The molecule has 1 unspecified atom stereocenters. The molecule has 1 atom stereocenters. The van der Waals surface area contributed by atoms with Gasteiger partial charge in [0.05, 0.1) is 6.04 Å². The highest BCUT2D eigenvalue weighted by Gasteiger charge is 2.09. The van der Waals surface area contributed by atoms with Gasteiger partial charge in [0.15, 0.2) is 5.96 Å². The summed E-state index contributed by atoms with van der Waals surface area (Å²) < 4.78 is 18.6. The van der Waals surface area contributed by atoms with Crippen molar-refractivity contribution in [2.24, 2.45) is 4.99 Å². The van der Waals surface area contributed by atoms with Gasteiger partial charge in [-0.3, -0.25) is 4.99 Å². The van der Waals surface area contributed by atoms with Crippen molar-refractivity contribution in [3.63, 3.8) is 0 Å². The fraction of sp³-hybridized carbons (Fsp3) is 0.562. The highest BCUT2D eigenvalue weighted by Crippen LogP contribution is 2.16. The van der Waals surface area contributed by atoms with Gasteiger partial charge in [0.25, 0.3) is 0 Å². The Bertz CT molecular complexity index is 463. The molecule has 1 rings (SSSR count). The molecule has 21 heavy (non-hydrogen) atoms. The van der Waals surface area contributed by atoms with E-state index < -0.39 is 0 Å². The summed E-state index contributed by atoms with van der Waals surface area (Å²) in [5.74, 6) is 0.560. The fourth-order valence-corrected chi connectivity index (χ4v) is 1.89. The Morgan fingerprint density at radius 2 is 2.19 bits per heavy atom. The van der Waals surface area contributed by atoms with Gasteiger partial charge in [0.2, 0.25) is 0 Å². The number of hydrogen-bond acceptors (Lipinski definition) is 2. The minimum Gasteiger partial charge on any atom is -0.385 e. The average molecular weight is 295 g/mol. The minimum atomic E-state index is -0.178. The third-order valence-electron chi connectivity index (χ3n) is 3.17. The fourth-order valence-electron chi connectivity index (χ4n) is 1.89. The second-order valence-corrected chi connectivity index (χ2v) is 4.98. The van der Waals surface area contributed by atoms with Gasteiger partial charge in [-0.15, -0.1) is 0 Å². The highest BCUT2D eigenvalue weighted by molar-refractivity contribution is 5.80. The number of guanidine groups is 1. The van der Waals surface area contributed by atoms with E-state index >= 15 is 0 Å². The maximum absolute atomic E-state index is 13.6. The summed E-state index contributed by atoms with van der Waals surface area (Å²) in [7, 11) is 1.68. The van der Waals surface area contributed by atoms with E-state index in [1.54, 1.807) is 26.2 Å². The minimum absolute atomic E-state index is 0.0136. The molecule has 0 saturated heterocycles. The number of halogens is 1. The standard InChI is InChI=1S/C16H26FN3O/c1-5-18-16(19-9-6-10-21-4)20-13(3)14-8-7-12(2)15(17)11-14/h7-8,11,13H,5-6,9-10H2,1-4H3,(H2,18,19,20). The largest absolute Gasteiger partial charge is 0.385 e. The van der Waals surface area contributed by atoms with E-state index in [0.29, 0.717) is 18.7 Å². The lowest BCUT2D eigenvalue weighted by Gasteiger charge is -2.18. The van der Waals surface area contributed by atoms with Crippen molar-refractivity contribution >= 4 is 5.96 Å². The van der Waals surface area contributed by atoms with Crippen LogP contribution in [0.15, 0.2) is 23.2 Å². The zero-order chi connectivity index (χ0) is 15.7. The van der Waals surface area contributed by atoms with Crippen LogP contribution in [0.1, 0.15) is 37.4 Å². The predicted octanol–water partition coefficient (Wildman–Crippen LogP) is 2.79. The topological polar surface area (TPSA) is 45.7 Å². The molecule has 5 heteroatoms. The van der Waals surface area contributed by atoms with E-state index in [1.165, 1.54) is 0 Å². The van der Waals surface area contributed by atoms with Crippen molar-refractivity contribution in [2.75, 3.05) is 26.8 Å². The molecule has 0 spiro atoms. The summed E-state index contributed by atoms with van der Waals surface area (Å²) in [4.78, 5) is 4.48. The molecule has 0 amide bonds. The first-order valence-corrected chi connectivity index (χ1v) is 7.38. The lowest BCUT2D eigenvalue weighted by Crippen LogP contribution is -2.38. The number of ether oxygens (including phenoxy) is 1. The summed E-state index contributed by atoms with van der Waals surface area (Å²) >= 11 is 0. The van der Waals surface area contributed by atoms with Crippen LogP contribution in [-0.4, -0.2) is 32.8 Å². The molecule has 0 aromatic heterocycles. The van der Waals surface area contributed by atoms with Crippen LogP contribution in [0.2, 0.25) is 0 Å². The Labute approximate surface area is 126 Å². The molecule has 1 aromatic carbocycles. The van der Waals surface area contributed by atoms with Crippen LogP contribution in [0, 0.1) is 12.7 Å². The first kappa shape index (κ1) is 17.4. The summed E-state index contributed by atoms with van der Waals surface area (Å²) in [5, 5.41) is 6.48. The number of nitrogens with zero attached hydrogens (tertiary/aromatic N) is 1. The van der Waals surface area contributed by atoms with Gasteiger partial charge >= 0.3 is 0 Å². The molecule has 0 saturated carbocycles. The van der Waals surface area contributed by atoms with Crippen molar-refractivity contribution in [2.45, 2.75) is 33.2 Å². The summed E-state index contributed by atoms with van der Waals surface area (Å²) in [6.07, 6.45) is 0.876. The van der Waals surface area contributed by atoms with Gasteiger partial charge in [0.1, 0.15) is 5.82 Å². The molecule has 0 heterocycles. The number of hydrogen-bond donors (Lipinski definition) is 2. The Hall–Kier alpha value is -1.62. The van der Waals surface area contributed by atoms with Gasteiger partial charge in [-0.05, 0) is 44.4 Å². The Morgan fingerprint density at radius 1 is 1.43 bits per heavy atom. The van der Waals surface area contributed by atoms with Gasteiger partial charge < -0.3 is 15.4 Å². The van der Waals surface area contributed by atoms with E-state index in [1.807, 2.05) is 19.9 Å². The van der Waals surface area contributed by atoms with Crippen LogP contribution < -0.4 is 10.6 Å². The molecule has 0 aliphatic rings. The SMILES string of the molecule is CCNC(=NCCCOC)NC(C)c1ccc(C)c(F)c1. The Balaban J connectivity index is 2.66. The van der Waals surface area contributed by atoms with Crippen LogP contribution >= 0.6 is 0 Å². The summed E-state index contributed by atoms with van der Waals surface area (Å²) in [5.41, 5.74) is 1.56. The number of methoxy groups -OCH3 is 1. The van der Waals surface area contributed by atoms with E-state index in [0.717, 1.165) is 24.5 Å². The number of benzene rings is 1. The molecule has 1 aromatic rings. The highest BCUT2D eigenvalue weighted by atomic mass is 19.1. The smallest absolute Gasteiger partial charge is 0.191 e. The number of rotatable bonds is 7. The van der Waals surface area contributed by atoms with Gasteiger partial charge in [0, 0.05) is 26.8 Å². The molecule has 0 aliphatic heterocycles. The predicted molar refractivity (Wildman–Crippen MR) is 85.2 cm³/mol. The Kier molecular flexibility index (Phi) is 7.75. The molecule has 2 N–H and O–H groups in total. The van der Waals surface area contributed by atoms with Crippen LogP contribution in [-0.2, 0) is 4.74 Å². The zero-order valence-electron chi connectivity index (χ0n) is 13.4. The first-order valence-electron chi connectivity index (χ1n) is 7.38. The third-order valence-corrected chi connectivity index (χ3v) is 3.17. The average Bonchev–Trinajstić information content (AvgIpc) is 2.46. The second-order valence-electron chi connectivity index (χ2n) is 4.98. The molecule has 0 radical (unpaired) electrons. The molecule has 0 aliphatic carbocycles. The molecular weight excluding hydrogens is 269 g/mol. The van der Waals surface area contributed by atoms with E-state index in [4.69, 9.17) is 4.74 Å². The number of nitrogens with one attached hydrogen (secondary N) is 2. The van der Waals surface area contributed by atoms with Crippen molar-refractivity contribution in [1.29, 1.82) is 0 Å². The second kappa shape index (κ2) is 9.34. The van der Waals surface area contributed by atoms with E-state index in [9.17, 15) is 4.39 Å². The van der Waals surface area contributed by atoms with Crippen molar-refractivity contribution in [1.82, 2.24) is 10.6 Å². The lowest BCUT2D eigenvalue weighted by molar-refractivity contribution is 0.197. The van der Waals surface area contributed by atoms with Crippen molar-refractivity contribution in [3.8, 4) is 0 Å². The lowest BCUT2D eigenvalue weighted by atomic mass is 10.1. The van der Waals surface area contributed by atoms with E-state index in [2.05, 4.69) is 15.6 Å². The molecule has 0 fully saturated rings. The molecule has 4 nitrogen and oxygen atoms in total. The molecule has 0 bridgehead atoms. The van der Waals surface area contributed by atoms with Gasteiger partial charge in [-0.2, -0.15) is 0 Å². The first-order chi connectivity index (χ1) is 10.1. The quantitative estimate of drug-likeness (QED) is 0.462. The Morgan fingerprint density at radius 3 is 2.81 bits per heavy atom. The van der Waals surface area contributed by atoms with E-state index in [-0.39, 0.29) is 11.9 Å². The normalized spacial score (nSPS) is 13.1. The van der Waals surface area contributed by atoms with Crippen LogP contribution in [0.3, 0.4) is 0 Å². The summed E-state index contributed by atoms with van der Waals surface area (Å²) in [6.45, 7) is 7.94. The van der Waals surface area contributed by atoms with Crippen molar-refractivity contribution in [3.05, 3.63) is 35.1 Å². The monoisotopic (exact) mass is 295 g/mol. The third kappa shape index (κ3) is 6.12. The molecular formula is C16H26FN3O. The van der Waals surface area contributed by atoms with Gasteiger partial charge in [-0.1, -0.05) is 12.1 Å². The van der Waals surface area contributed by atoms with Crippen LogP contribution in [0.4, 0.5) is 4.39 Å². The van der Waals surface area contributed by atoms with Crippen molar-refractivity contribution < 1.29 is 9.13 Å². The number of aliphatic imine (C=N–C) groups is 1. The zero-order valence-corrected chi connectivity index (χ0v) is 13.4. The van der Waals surface area contributed by atoms with Crippen LogP contribution in [0.5, 0.6) is 0 Å².